The van der Waals surface area contributed by atoms with Crippen LogP contribution in [0.15, 0.2) is 22.6 Å². The fourth-order valence-corrected chi connectivity index (χ4v) is 2.59. The lowest BCUT2D eigenvalue weighted by molar-refractivity contribution is 0.650. The van der Waals surface area contributed by atoms with Crippen molar-refractivity contribution in [3.8, 4) is 0 Å². The van der Waals surface area contributed by atoms with E-state index < -0.39 is 11.0 Å². The minimum Gasteiger partial charge on any atom is -0.234 e. The van der Waals surface area contributed by atoms with Crippen LogP contribution in [0.3, 0.4) is 0 Å². The van der Waals surface area contributed by atoms with Crippen molar-refractivity contribution < 1.29 is 4.21 Å². The maximum absolute atomic E-state index is 12.0. The van der Waals surface area contributed by atoms with Gasteiger partial charge in [-0.15, -0.1) is 0 Å². The molecule has 1 atom stereocenters. The molecule has 1 aliphatic rings. The van der Waals surface area contributed by atoms with Gasteiger partial charge in [-0.25, -0.2) is 4.21 Å². The Kier molecular flexibility index (Phi) is 3.21. The van der Waals surface area contributed by atoms with Gasteiger partial charge >= 0.3 is 0 Å². The summed E-state index contributed by atoms with van der Waals surface area (Å²) in [7, 11) is -1.15. The van der Waals surface area contributed by atoms with E-state index in [9.17, 15) is 4.21 Å². The first-order valence-corrected chi connectivity index (χ1v) is 7.08. The third-order valence-corrected chi connectivity index (χ3v) is 4.35. The number of hydrogen-bond acceptors (Lipinski definition) is 1. The smallest absolute Gasteiger partial charge is 0.145 e. The highest BCUT2D eigenvalue weighted by atomic mass is 32.2. The number of nitrogens with zero attached hydrogens (tertiary/aromatic N) is 1. The Morgan fingerprint density at radius 2 is 1.94 bits per heavy atom. The molecule has 0 aliphatic heterocycles. The topological polar surface area (TPSA) is 29.4 Å². The molecule has 0 aromatic heterocycles. The molecule has 92 valence electrons. The van der Waals surface area contributed by atoms with E-state index in [-0.39, 0.29) is 4.75 Å². The number of benzene rings is 1. The maximum Gasteiger partial charge on any atom is 0.145 e. The second-order valence-corrected chi connectivity index (χ2v) is 7.47. The van der Waals surface area contributed by atoms with Crippen LogP contribution in [0, 0.1) is 6.92 Å². The Balaban J connectivity index is 2.34. The van der Waals surface area contributed by atoms with Crippen LogP contribution in [0.2, 0.25) is 0 Å². The van der Waals surface area contributed by atoms with Crippen LogP contribution in [0.25, 0.3) is 0 Å². The number of hydrogen-bond donors (Lipinski definition) is 0. The third kappa shape index (κ3) is 2.65. The van der Waals surface area contributed by atoms with Crippen LogP contribution in [0.5, 0.6) is 0 Å². The monoisotopic (exact) mass is 249 g/mol. The summed E-state index contributed by atoms with van der Waals surface area (Å²) in [6.45, 7) is 7.97. The van der Waals surface area contributed by atoms with Crippen LogP contribution in [-0.2, 0) is 17.4 Å². The summed E-state index contributed by atoms with van der Waals surface area (Å²) >= 11 is 0. The molecule has 2 rings (SSSR count). The standard InChI is InChI=1S/C14H19NOS/c1-10-5-7-12-11(9-10)6-8-13(12)15-17(16)14(2,3)4/h5,7,9H,6,8H2,1-4H3/t17-/m1/s1. The van der Waals surface area contributed by atoms with Crippen molar-refractivity contribution in [1.82, 2.24) is 0 Å². The second kappa shape index (κ2) is 4.37. The van der Waals surface area contributed by atoms with Gasteiger partial charge in [0.2, 0.25) is 0 Å². The normalized spacial score (nSPS) is 19.4. The highest BCUT2D eigenvalue weighted by molar-refractivity contribution is 7.85. The number of fused-ring (bicyclic) bond motifs is 1. The zero-order chi connectivity index (χ0) is 12.6. The number of aryl methyl sites for hydroxylation is 2. The molecule has 0 heterocycles. The molecule has 0 saturated heterocycles. The largest absolute Gasteiger partial charge is 0.234 e. The van der Waals surface area contributed by atoms with Crippen molar-refractivity contribution in [2.45, 2.75) is 45.3 Å². The zero-order valence-corrected chi connectivity index (χ0v) is 11.7. The van der Waals surface area contributed by atoms with Gasteiger partial charge in [-0.2, -0.15) is 4.40 Å². The molecule has 1 aromatic carbocycles. The molecule has 17 heavy (non-hydrogen) atoms. The molecule has 0 fully saturated rings. The first-order chi connectivity index (χ1) is 7.88. The highest BCUT2D eigenvalue weighted by Crippen LogP contribution is 2.25. The third-order valence-electron chi connectivity index (χ3n) is 2.92. The average Bonchev–Trinajstić information content (AvgIpc) is 2.59. The fourth-order valence-electron chi connectivity index (χ4n) is 1.93. The van der Waals surface area contributed by atoms with Crippen LogP contribution in [-0.4, -0.2) is 14.7 Å². The molecular formula is C14H19NOS. The molecular weight excluding hydrogens is 230 g/mol. The first kappa shape index (κ1) is 12.5. The zero-order valence-electron chi connectivity index (χ0n) is 10.9. The van der Waals surface area contributed by atoms with Crippen molar-refractivity contribution in [3.63, 3.8) is 0 Å². The predicted octanol–water partition coefficient (Wildman–Crippen LogP) is 3.19. The number of rotatable bonds is 1. The van der Waals surface area contributed by atoms with E-state index in [0.29, 0.717) is 0 Å². The van der Waals surface area contributed by atoms with Gasteiger partial charge in [-0.3, -0.25) is 0 Å². The molecule has 1 aromatic rings. The average molecular weight is 249 g/mol. The Labute approximate surface area is 106 Å². The molecule has 0 amide bonds. The van der Waals surface area contributed by atoms with E-state index in [4.69, 9.17) is 0 Å². The summed E-state index contributed by atoms with van der Waals surface area (Å²) in [5.41, 5.74) is 4.82. The molecule has 0 saturated carbocycles. The fraction of sp³-hybridized carbons (Fsp3) is 0.500. The molecule has 0 N–H and O–H groups in total. The lowest BCUT2D eigenvalue weighted by Gasteiger charge is -2.14. The molecule has 0 unspecified atom stereocenters. The van der Waals surface area contributed by atoms with E-state index in [2.05, 4.69) is 29.5 Å². The molecule has 0 spiro atoms. The van der Waals surface area contributed by atoms with Crippen molar-refractivity contribution in [2.24, 2.45) is 4.40 Å². The molecule has 0 bridgehead atoms. The Bertz CT molecular complexity index is 497. The van der Waals surface area contributed by atoms with Crippen LogP contribution in [0.1, 0.15) is 43.9 Å². The van der Waals surface area contributed by atoms with Crippen molar-refractivity contribution in [1.29, 1.82) is 0 Å². The van der Waals surface area contributed by atoms with E-state index in [1.807, 2.05) is 20.8 Å². The summed E-state index contributed by atoms with van der Waals surface area (Å²) < 4.78 is 16.2. The van der Waals surface area contributed by atoms with Gasteiger partial charge in [0, 0.05) is 0 Å². The minimum atomic E-state index is -1.15. The van der Waals surface area contributed by atoms with Crippen LogP contribution in [0.4, 0.5) is 0 Å². The molecule has 1 aliphatic carbocycles. The van der Waals surface area contributed by atoms with Gasteiger partial charge in [0.25, 0.3) is 0 Å². The Hall–Kier alpha value is -0.960. The molecule has 0 radical (unpaired) electrons. The minimum absolute atomic E-state index is 0.277. The van der Waals surface area contributed by atoms with E-state index in [1.165, 1.54) is 16.7 Å². The van der Waals surface area contributed by atoms with Gasteiger partial charge in [-0.05, 0) is 51.7 Å². The summed E-state index contributed by atoms with van der Waals surface area (Å²) in [4.78, 5) is 0. The summed E-state index contributed by atoms with van der Waals surface area (Å²) in [6, 6.07) is 6.41. The summed E-state index contributed by atoms with van der Waals surface area (Å²) in [5.74, 6) is 0. The van der Waals surface area contributed by atoms with E-state index >= 15 is 0 Å². The summed E-state index contributed by atoms with van der Waals surface area (Å²) in [6.07, 6.45) is 1.94. The maximum atomic E-state index is 12.0. The van der Waals surface area contributed by atoms with Crippen LogP contribution < -0.4 is 0 Å². The van der Waals surface area contributed by atoms with Gasteiger partial charge in [0.15, 0.2) is 0 Å². The van der Waals surface area contributed by atoms with Gasteiger partial charge in [0.1, 0.15) is 11.0 Å². The van der Waals surface area contributed by atoms with E-state index in [0.717, 1.165) is 18.6 Å². The van der Waals surface area contributed by atoms with Crippen molar-refractivity contribution >= 4 is 16.7 Å². The van der Waals surface area contributed by atoms with Gasteiger partial charge in [-0.1, -0.05) is 23.8 Å². The lowest BCUT2D eigenvalue weighted by atomic mass is 10.1. The quantitative estimate of drug-likeness (QED) is 0.751. The molecule has 2 nitrogen and oxygen atoms in total. The highest BCUT2D eigenvalue weighted by Gasteiger charge is 2.23. The molecule has 3 heteroatoms. The SMILES string of the molecule is Cc1ccc2c(c1)CCC2=N[S@](=O)C(C)(C)C. The lowest BCUT2D eigenvalue weighted by Crippen LogP contribution is -2.20. The summed E-state index contributed by atoms with van der Waals surface area (Å²) in [5, 5.41) is 0. The van der Waals surface area contributed by atoms with E-state index in [1.54, 1.807) is 0 Å². The predicted molar refractivity (Wildman–Crippen MR) is 73.9 cm³/mol. The Morgan fingerprint density at radius 3 is 2.59 bits per heavy atom. The van der Waals surface area contributed by atoms with Crippen molar-refractivity contribution in [3.05, 3.63) is 34.9 Å². The van der Waals surface area contributed by atoms with Gasteiger partial charge < -0.3 is 0 Å². The second-order valence-electron chi connectivity index (χ2n) is 5.56. The van der Waals surface area contributed by atoms with Crippen molar-refractivity contribution in [2.75, 3.05) is 0 Å². The Morgan fingerprint density at radius 1 is 1.24 bits per heavy atom. The van der Waals surface area contributed by atoms with Gasteiger partial charge in [0.05, 0.1) is 10.5 Å². The first-order valence-electron chi connectivity index (χ1n) is 5.97. The van der Waals surface area contributed by atoms with Crippen LogP contribution >= 0.6 is 0 Å².